The Morgan fingerprint density at radius 1 is 1.23 bits per heavy atom. The number of sulfonamides is 1. The number of anilines is 1. The predicted octanol–water partition coefficient (Wildman–Crippen LogP) is 1.82. The molecule has 0 aliphatic heterocycles. The normalized spacial score (nSPS) is 11.5. The highest BCUT2D eigenvalue weighted by Crippen LogP contribution is 2.19. The van der Waals surface area contributed by atoms with Crippen molar-refractivity contribution in [2.75, 3.05) is 25.0 Å². The van der Waals surface area contributed by atoms with Crippen molar-refractivity contribution in [1.82, 2.24) is 8.87 Å². The summed E-state index contributed by atoms with van der Waals surface area (Å²) >= 11 is 1.05. The van der Waals surface area contributed by atoms with Crippen LogP contribution in [0.5, 0.6) is 0 Å². The molecule has 30 heavy (non-hydrogen) atoms. The summed E-state index contributed by atoms with van der Waals surface area (Å²) in [5.41, 5.74) is 1.04. The summed E-state index contributed by atoms with van der Waals surface area (Å²) in [4.78, 5) is 35.4. The number of nitrogens with zero attached hydrogens (tertiary/aromatic N) is 2. The minimum absolute atomic E-state index is 0.0393. The average molecular weight is 456 g/mol. The lowest BCUT2D eigenvalue weighted by Gasteiger charge is -2.18. The first-order valence-electron chi connectivity index (χ1n) is 9.39. The zero-order valence-corrected chi connectivity index (χ0v) is 18.7. The third kappa shape index (κ3) is 6.00. The molecule has 0 spiro atoms. The van der Waals surface area contributed by atoms with Gasteiger partial charge in [0, 0.05) is 36.4 Å². The van der Waals surface area contributed by atoms with E-state index in [-0.39, 0.29) is 28.4 Å². The Balaban J connectivity index is 1.90. The SMILES string of the molecule is CCN(CC)S(=O)(=O)c1cccc(NC(=O)COC(=O)CCn2c(C)csc2=O)c1. The van der Waals surface area contributed by atoms with E-state index in [2.05, 4.69) is 5.32 Å². The smallest absolute Gasteiger partial charge is 0.308 e. The van der Waals surface area contributed by atoms with Crippen LogP contribution in [0.15, 0.2) is 39.3 Å². The number of esters is 1. The monoisotopic (exact) mass is 455 g/mol. The van der Waals surface area contributed by atoms with E-state index in [4.69, 9.17) is 4.74 Å². The standard InChI is InChI=1S/C19H25N3O6S2/c1-4-21(5-2)30(26,27)16-8-6-7-15(11-16)20-17(23)12-28-18(24)9-10-22-14(3)13-29-19(22)25/h6-8,11,13H,4-5,9-10,12H2,1-3H3,(H,20,23). The van der Waals surface area contributed by atoms with Gasteiger partial charge in [-0.25, -0.2) is 8.42 Å². The van der Waals surface area contributed by atoms with Crippen LogP contribution in [0.1, 0.15) is 26.0 Å². The second-order valence-corrected chi connectivity index (χ2v) is 9.13. The van der Waals surface area contributed by atoms with Gasteiger partial charge in [-0.1, -0.05) is 31.3 Å². The molecule has 2 rings (SSSR count). The maximum Gasteiger partial charge on any atom is 0.308 e. The molecule has 0 aliphatic carbocycles. The van der Waals surface area contributed by atoms with Gasteiger partial charge in [0.2, 0.25) is 10.0 Å². The number of aryl methyl sites for hydroxylation is 1. The number of amides is 1. The zero-order valence-electron chi connectivity index (χ0n) is 17.1. The summed E-state index contributed by atoms with van der Waals surface area (Å²) in [7, 11) is -3.65. The zero-order chi connectivity index (χ0) is 22.3. The van der Waals surface area contributed by atoms with E-state index in [0.717, 1.165) is 17.0 Å². The summed E-state index contributed by atoms with van der Waals surface area (Å²) in [5, 5.41) is 4.22. The minimum Gasteiger partial charge on any atom is -0.456 e. The highest BCUT2D eigenvalue weighted by Gasteiger charge is 2.22. The second kappa shape index (κ2) is 10.5. The molecule has 0 saturated carbocycles. The molecular formula is C19H25N3O6S2. The van der Waals surface area contributed by atoms with Gasteiger partial charge in [0.05, 0.1) is 11.3 Å². The molecule has 1 amide bonds. The highest BCUT2D eigenvalue weighted by molar-refractivity contribution is 7.89. The first kappa shape index (κ1) is 23.8. The van der Waals surface area contributed by atoms with Crippen molar-refractivity contribution in [2.24, 2.45) is 0 Å². The molecule has 1 aromatic heterocycles. The number of carbonyl (C=O) groups is 2. The Hall–Kier alpha value is -2.50. The minimum atomic E-state index is -3.65. The molecule has 0 aliphatic rings. The predicted molar refractivity (Wildman–Crippen MR) is 114 cm³/mol. The number of hydrogen-bond donors (Lipinski definition) is 1. The largest absolute Gasteiger partial charge is 0.456 e. The number of thiazole rings is 1. The molecule has 1 heterocycles. The molecule has 0 saturated heterocycles. The summed E-state index contributed by atoms with van der Waals surface area (Å²) in [6.07, 6.45) is -0.0393. The summed E-state index contributed by atoms with van der Waals surface area (Å²) in [5.74, 6) is -1.20. The number of rotatable bonds is 10. The summed E-state index contributed by atoms with van der Waals surface area (Å²) in [6.45, 7) is 5.60. The molecule has 11 heteroatoms. The molecule has 2 aromatic rings. The summed E-state index contributed by atoms with van der Waals surface area (Å²) < 4.78 is 32.9. The molecule has 0 atom stereocenters. The topological polar surface area (TPSA) is 115 Å². The van der Waals surface area contributed by atoms with Gasteiger partial charge in [0.1, 0.15) is 0 Å². The maximum atomic E-state index is 12.6. The van der Waals surface area contributed by atoms with Crippen molar-refractivity contribution in [1.29, 1.82) is 0 Å². The lowest BCUT2D eigenvalue weighted by Crippen LogP contribution is -2.30. The van der Waals surface area contributed by atoms with Crippen LogP contribution in [0.2, 0.25) is 0 Å². The molecule has 164 valence electrons. The van der Waals surface area contributed by atoms with E-state index in [1.807, 2.05) is 0 Å². The highest BCUT2D eigenvalue weighted by atomic mass is 32.2. The number of nitrogens with one attached hydrogen (secondary N) is 1. The number of benzene rings is 1. The van der Waals surface area contributed by atoms with Crippen LogP contribution in [0, 0.1) is 6.92 Å². The van der Waals surface area contributed by atoms with Crippen LogP contribution in [-0.4, -0.2) is 48.9 Å². The third-order valence-corrected chi connectivity index (χ3v) is 7.27. The fraction of sp³-hybridized carbons (Fsp3) is 0.421. The van der Waals surface area contributed by atoms with Gasteiger partial charge >= 0.3 is 10.8 Å². The van der Waals surface area contributed by atoms with E-state index < -0.39 is 28.5 Å². The quantitative estimate of drug-likeness (QED) is 0.547. The second-order valence-electron chi connectivity index (χ2n) is 6.37. The van der Waals surface area contributed by atoms with E-state index in [1.54, 1.807) is 32.2 Å². The molecule has 0 unspecified atom stereocenters. The van der Waals surface area contributed by atoms with Gasteiger partial charge in [0.25, 0.3) is 5.91 Å². The van der Waals surface area contributed by atoms with Crippen molar-refractivity contribution in [3.8, 4) is 0 Å². The first-order valence-corrected chi connectivity index (χ1v) is 11.7. The van der Waals surface area contributed by atoms with E-state index in [1.165, 1.54) is 27.1 Å². The molecule has 9 nitrogen and oxygen atoms in total. The van der Waals surface area contributed by atoms with E-state index >= 15 is 0 Å². The van der Waals surface area contributed by atoms with Crippen molar-refractivity contribution in [3.05, 3.63) is 45.0 Å². The van der Waals surface area contributed by atoms with Crippen molar-refractivity contribution in [3.63, 3.8) is 0 Å². The van der Waals surface area contributed by atoms with Crippen LogP contribution in [0.4, 0.5) is 5.69 Å². The average Bonchev–Trinajstić information content (AvgIpc) is 3.03. The van der Waals surface area contributed by atoms with Gasteiger partial charge in [-0.15, -0.1) is 0 Å². The van der Waals surface area contributed by atoms with Crippen LogP contribution in [-0.2, 0) is 30.9 Å². The maximum absolute atomic E-state index is 12.6. The lowest BCUT2D eigenvalue weighted by atomic mass is 10.3. The molecule has 0 bridgehead atoms. The van der Waals surface area contributed by atoms with Gasteiger partial charge in [-0.2, -0.15) is 4.31 Å². The van der Waals surface area contributed by atoms with Crippen molar-refractivity contribution in [2.45, 2.75) is 38.6 Å². The Kier molecular flexibility index (Phi) is 8.33. The van der Waals surface area contributed by atoms with Crippen LogP contribution < -0.4 is 10.2 Å². The number of ether oxygens (including phenoxy) is 1. The van der Waals surface area contributed by atoms with E-state index in [9.17, 15) is 22.8 Å². The van der Waals surface area contributed by atoms with Gasteiger partial charge in [-0.05, 0) is 25.1 Å². The molecule has 0 radical (unpaired) electrons. The molecule has 0 fully saturated rings. The third-order valence-electron chi connectivity index (χ3n) is 4.34. The molecule has 1 aromatic carbocycles. The first-order chi connectivity index (χ1) is 14.2. The summed E-state index contributed by atoms with van der Waals surface area (Å²) in [6, 6.07) is 5.89. The number of hydrogen-bond acceptors (Lipinski definition) is 7. The Labute approximate surface area is 179 Å². The number of carbonyl (C=O) groups excluding carboxylic acids is 2. The Morgan fingerprint density at radius 3 is 2.53 bits per heavy atom. The van der Waals surface area contributed by atoms with Gasteiger partial charge in [0.15, 0.2) is 6.61 Å². The lowest BCUT2D eigenvalue weighted by molar-refractivity contribution is -0.147. The van der Waals surface area contributed by atoms with Crippen LogP contribution >= 0.6 is 11.3 Å². The van der Waals surface area contributed by atoms with Crippen molar-refractivity contribution < 1.29 is 22.7 Å². The number of aromatic nitrogens is 1. The Morgan fingerprint density at radius 2 is 1.93 bits per heavy atom. The van der Waals surface area contributed by atoms with Gasteiger partial charge < -0.3 is 14.6 Å². The van der Waals surface area contributed by atoms with Crippen LogP contribution in [0.3, 0.4) is 0 Å². The van der Waals surface area contributed by atoms with Crippen LogP contribution in [0.25, 0.3) is 0 Å². The van der Waals surface area contributed by atoms with Crippen molar-refractivity contribution >= 4 is 38.9 Å². The Bertz CT molecular complexity index is 1050. The fourth-order valence-corrected chi connectivity index (χ4v) is 5.01. The fourth-order valence-electron chi connectivity index (χ4n) is 2.74. The van der Waals surface area contributed by atoms with Gasteiger partial charge in [-0.3, -0.25) is 14.4 Å². The molecule has 1 N–H and O–H groups in total. The molecular weight excluding hydrogens is 430 g/mol. The van der Waals surface area contributed by atoms with E-state index in [0.29, 0.717) is 13.1 Å².